The zero-order valence-electron chi connectivity index (χ0n) is 8.93. The van der Waals surface area contributed by atoms with Gasteiger partial charge in [-0.1, -0.05) is 42.5 Å². The van der Waals surface area contributed by atoms with Crippen LogP contribution in [0.4, 0.5) is 0 Å². The van der Waals surface area contributed by atoms with Crippen molar-refractivity contribution in [2.24, 2.45) is 0 Å². The third-order valence-electron chi connectivity index (χ3n) is 2.61. The highest BCUT2D eigenvalue weighted by Gasteiger charge is 2.03. The molecule has 0 fully saturated rings. The van der Waals surface area contributed by atoms with Gasteiger partial charge >= 0.3 is 0 Å². The van der Waals surface area contributed by atoms with Gasteiger partial charge in [0.25, 0.3) is 0 Å². The van der Waals surface area contributed by atoms with Crippen LogP contribution in [0.25, 0.3) is 10.8 Å². The van der Waals surface area contributed by atoms with Gasteiger partial charge in [0, 0.05) is 29.0 Å². The Balaban J connectivity index is 1.95. The van der Waals surface area contributed by atoms with E-state index < -0.39 is 0 Å². The number of rotatable bonds is 2. The molecule has 17 heavy (non-hydrogen) atoms. The van der Waals surface area contributed by atoms with Crippen LogP contribution in [-0.2, 0) is 6.42 Å². The van der Waals surface area contributed by atoms with Crippen molar-refractivity contribution >= 4 is 44.9 Å². The van der Waals surface area contributed by atoms with Gasteiger partial charge in [-0.3, -0.25) is 0 Å². The molecule has 0 aliphatic rings. The second kappa shape index (κ2) is 4.70. The summed E-state index contributed by atoms with van der Waals surface area (Å²) in [6, 6.07) is 15.0. The lowest BCUT2D eigenvalue weighted by Gasteiger charge is -2.01. The van der Waals surface area contributed by atoms with Crippen molar-refractivity contribution in [3.63, 3.8) is 0 Å². The van der Waals surface area contributed by atoms with Gasteiger partial charge in [-0.2, -0.15) is 4.37 Å². The summed E-state index contributed by atoms with van der Waals surface area (Å²) in [5.74, 6) is 0. The molecule has 0 aliphatic carbocycles. The summed E-state index contributed by atoms with van der Waals surface area (Å²) >= 11 is 3.63. The molecule has 3 rings (SSSR count). The predicted octanol–water partition coefficient (Wildman–Crippen LogP) is 3.89. The molecule has 0 amide bonds. The van der Waals surface area contributed by atoms with E-state index in [9.17, 15) is 0 Å². The summed E-state index contributed by atoms with van der Waals surface area (Å²) in [6.07, 6.45) is 0.867. The molecule has 0 aliphatic heterocycles. The normalized spacial score (nSPS) is 10.9. The van der Waals surface area contributed by atoms with Gasteiger partial charge in [0.1, 0.15) is 5.01 Å². The lowest BCUT2D eigenvalue weighted by Crippen LogP contribution is -1.87. The Labute approximate surface area is 117 Å². The van der Waals surface area contributed by atoms with E-state index in [2.05, 4.69) is 74.4 Å². The molecule has 0 saturated heterocycles. The molecular weight excluding hydrogens is 343 g/mol. The van der Waals surface area contributed by atoms with Gasteiger partial charge in [0.05, 0.1) is 0 Å². The van der Waals surface area contributed by atoms with Crippen molar-refractivity contribution in [1.29, 1.82) is 0 Å². The van der Waals surface area contributed by atoms with Crippen LogP contribution in [0.5, 0.6) is 0 Å². The number of hydrogen-bond donors (Lipinski definition) is 0. The van der Waals surface area contributed by atoms with Crippen LogP contribution in [0.15, 0.2) is 42.5 Å². The van der Waals surface area contributed by atoms with E-state index in [0.29, 0.717) is 0 Å². The topological polar surface area (TPSA) is 25.8 Å². The number of benzene rings is 2. The van der Waals surface area contributed by atoms with Crippen molar-refractivity contribution < 1.29 is 0 Å². The molecule has 3 aromatic rings. The number of fused-ring (bicyclic) bond motifs is 1. The molecule has 1 aromatic heterocycles. The average Bonchev–Trinajstić information content (AvgIpc) is 2.75. The Morgan fingerprint density at radius 3 is 2.65 bits per heavy atom. The molecule has 0 unspecified atom stereocenters. The first-order valence-electron chi connectivity index (χ1n) is 5.27. The molecule has 0 bridgehead atoms. The van der Waals surface area contributed by atoms with Crippen molar-refractivity contribution in [3.8, 4) is 0 Å². The summed E-state index contributed by atoms with van der Waals surface area (Å²) in [4.78, 5) is 4.38. The van der Waals surface area contributed by atoms with Crippen molar-refractivity contribution in [3.05, 3.63) is 56.9 Å². The van der Waals surface area contributed by atoms with Gasteiger partial charge in [0.2, 0.25) is 3.83 Å². The fourth-order valence-electron chi connectivity index (χ4n) is 1.83. The van der Waals surface area contributed by atoms with Crippen LogP contribution in [0, 0.1) is 3.83 Å². The lowest BCUT2D eigenvalue weighted by molar-refractivity contribution is 1.11. The third kappa shape index (κ3) is 2.47. The maximum atomic E-state index is 4.38. The minimum atomic E-state index is 0.836. The fourth-order valence-corrected chi connectivity index (χ4v) is 3.16. The molecule has 84 valence electrons. The quantitative estimate of drug-likeness (QED) is 0.654. The Bertz CT molecular complexity index is 663. The first kappa shape index (κ1) is 11.1. The van der Waals surface area contributed by atoms with E-state index in [-0.39, 0.29) is 0 Å². The Morgan fingerprint density at radius 2 is 1.88 bits per heavy atom. The van der Waals surface area contributed by atoms with Crippen molar-refractivity contribution in [2.75, 3.05) is 0 Å². The molecule has 0 atom stereocenters. The highest BCUT2D eigenvalue weighted by Crippen LogP contribution is 2.18. The minimum absolute atomic E-state index is 0.836. The summed E-state index contributed by atoms with van der Waals surface area (Å²) < 4.78 is 5.03. The summed E-state index contributed by atoms with van der Waals surface area (Å²) in [6.45, 7) is 0. The van der Waals surface area contributed by atoms with E-state index in [1.54, 1.807) is 0 Å². The second-order valence-corrected chi connectivity index (χ2v) is 5.62. The van der Waals surface area contributed by atoms with Gasteiger partial charge in [0.15, 0.2) is 0 Å². The smallest absolute Gasteiger partial charge is 0.203 e. The first-order valence-corrected chi connectivity index (χ1v) is 7.12. The number of aromatic nitrogens is 2. The Morgan fingerprint density at radius 1 is 1.06 bits per heavy atom. The zero-order chi connectivity index (χ0) is 11.7. The predicted molar refractivity (Wildman–Crippen MR) is 79.4 cm³/mol. The molecule has 2 nitrogen and oxygen atoms in total. The van der Waals surface area contributed by atoms with Crippen LogP contribution in [0.1, 0.15) is 10.6 Å². The molecular formula is C13H9IN2S. The Hall–Kier alpha value is -1.01. The Kier molecular flexibility index (Phi) is 3.07. The van der Waals surface area contributed by atoms with Crippen LogP contribution < -0.4 is 0 Å². The molecule has 2 aromatic carbocycles. The van der Waals surface area contributed by atoms with Crippen molar-refractivity contribution in [2.45, 2.75) is 6.42 Å². The highest BCUT2D eigenvalue weighted by atomic mass is 127. The molecule has 1 heterocycles. The van der Waals surface area contributed by atoms with Crippen LogP contribution in [0.2, 0.25) is 0 Å². The maximum absolute atomic E-state index is 4.38. The van der Waals surface area contributed by atoms with Crippen molar-refractivity contribution in [1.82, 2.24) is 9.36 Å². The number of nitrogens with zero attached hydrogens (tertiary/aromatic N) is 2. The van der Waals surface area contributed by atoms with E-state index in [1.165, 1.54) is 27.9 Å². The van der Waals surface area contributed by atoms with Gasteiger partial charge in [-0.05, 0) is 27.9 Å². The fraction of sp³-hybridized carbons (Fsp3) is 0.0769. The molecule has 0 saturated carbocycles. The van der Waals surface area contributed by atoms with Crippen LogP contribution >= 0.6 is 34.1 Å². The van der Waals surface area contributed by atoms with E-state index in [4.69, 9.17) is 0 Å². The average molecular weight is 352 g/mol. The van der Waals surface area contributed by atoms with Crippen LogP contribution in [-0.4, -0.2) is 9.36 Å². The SMILES string of the molecule is Ic1nsc(Cc2ccc3ccccc3c2)n1. The van der Waals surface area contributed by atoms with Gasteiger partial charge < -0.3 is 0 Å². The lowest BCUT2D eigenvalue weighted by atomic mass is 10.1. The van der Waals surface area contributed by atoms with Gasteiger partial charge in [-0.25, -0.2) is 4.98 Å². The minimum Gasteiger partial charge on any atom is -0.214 e. The zero-order valence-corrected chi connectivity index (χ0v) is 11.9. The number of halogens is 1. The highest BCUT2D eigenvalue weighted by molar-refractivity contribution is 14.1. The van der Waals surface area contributed by atoms with Gasteiger partial charge in [-0.15, -0.1) is 0 Å². The molecule has 0 spiro atoms. The van der Waals surface area contributed by atoms with E-state index in [1.807, 2.05) is 0 Å². The molecule has 0 N–H and O–H groups in total. The second-order valence-electron chi connectivity index (χ2n) is 3.82. The third-order valence-corrected chi connectivity index (χ3v) is 4.13. The van der Waals surface area contributed by atoms with E-state index >= 15 is 0 Å². The first-order chi connectivity index (χ1) is 8.31. The summed E-state index contributed by atoms with van der Waals surface area (Å²) in [5, 5.41) is 3.64. The largest absolute Gasteiger partial charge is 0.214 e. The summed E-state index contributed by atoms with van der Waals surface area (Å²) in [7, 11) is 0. The molecule has 0 radical (unpaired) electrons. The maximum Gasteiger partial charge on any atom is 0.203 e. The standard InChI is InChI=1S/C13H9IN2S/c14-13-15-12(17-16-13)8-9-5-6-10-3-1-2-4-11(10)7-9/h1-7H,8H2. The van der Waals surface area contributed by atoms with Crippen LogP contribution in [0.3, 0.4) is 0 Å². The number of hydrogen-bond acceptors (Lipinski definition) is 3. The summed E-state index contributed by atoms with van der Waals surface area (Å²) in [5.41, 5.74) is 1.29. The monoisotopic (exact) mass is 352 g/mol. The van der Waals surface area contributed by atoms with E-state index in [0.717, 1.165) is 15.3 Å². The molecule has 4 heteroatoms.